The van der Waals surface area contributed by atoms with Crippen LogP contribution in [0.2, 0.25) is 5.02 Å². The number of Topliss-reactive ketones (excluding diaryl/α,β-unsaturated/α-hetero) is 1. The first kappa shape index (κ1) is 14.9. The Hall–Kier alpha value is -1.06. The SMILES string of the molecule is O=C1CCCCCC1N1CCN(c2ccc(Cl)cc2)CC1. The van der Waals surface area contributed by atoms with Crippen molar-refractivity contribution in [2.75, 3.05) is 31.1 Å². The average molecular weight is 307 g/mol. The van der Waals surface area contributed by atoms with E-state index in [9.17, 15) is 4.79 Å². The van der Waals surface area contributed by atoms with E-state index in [0.717, 1.165) is 50.5 Å². The molecule has 1 unspecified atom stereocenters. The van der Waals surface area contributed by atoms with Gasteiger partial charge in [-0.25, -0.2) is 0 Å². The summed E-state index contributed by atoms with van der Waals surface area (Å²) in [5.74, 6) is 0.465. The summed E-state index contributed by atoms with van der Waals surface area (Å²) in [6, 6.07) is 8.22. The van der Waals surface area contributed by atoms with Crippen LogP contribution in [0.1, 0.15) is 32.1 Å². The normalized spacial score (nSPS) is 24.9. The standard InChI is InChI=1S/C17H23ClN2O/c18-14-6-8-15(9-7-14)19-10-12-20(13-11-19)16-4-2-1-3-5-17(16)21/h6-9,16H,1-5,10-13H2. The fourth-order valence-electron chi connectivity index (χ4n) is 3.47. The number of carbonyl (C=O) groups is 1. The maximum absolute atomic E-state index is 12.2. The van der Waals surface area contributed by atoms with Crippen molar-refractivity contribution in [1.29, 1.82) is 0 Å². The molecule has 4 heteroatoms. The number of hydrogen-bond acceptors (Lipinski definition) is 3. The van der Waals surface area contributed by atoms with Crippen LogP contribution in [0.5, 0.6) is 0 Å². The maximum atomic E-state index is 12.2. The van der Waals surface area contributed by atoms with Crippen molar-refractivity contribution in [3.8, 4) is 0 Å². The Labute approximate surface area is 131 Å². The lowest BCUT2D eigenvalue weighted by Gasteiger charge is -2.39. The van der Waals surface area contributed by atoms with E-state index in [1.54, 1.807) is 0 Å². The van der Waals surface area contributed by atoms with Crippen LogP contribution in [0.4, 0.5) is 5.69 Å². The molecule has 1 aliphatic heterocycles. The molecule has 0 N–H and O–H groups in total. The van der Waals surface area contributed by atoms with Gasteiger partial charge in [0, 0.05) is 43.3 Å². The predicted octanol–water partition coefficient (Wildman–Crippen LogP) is 3.36. The Kier molecular flexibility index (Phi) is 4.81. The molecule has 0 radical (unpaired) electrons. The summed E-state index contributed by atoms with van der Waals surface area (Å²) in [7, 11) is 0. The molecule has 1 aromatic carbocycles. The Morgan fingerprint density at radius 1 is 0.952 bits per heavy atom. The second-order valence-corrected chi connectivity index (χ2v) is 6.52. The van der Waals surface area contributed by atoms with Gasteiger partial charge in [-0.05, 0) is 37.1 Å². The number of ketones is 1. The number of piperazine rings is 1. The van der Waals surface area contributed by atoms with Crippen molar-refractivity contribution in [2.45, 2.75) is 38.1 Å². The van der Waals surface area contributed by atoms with E-state index in [1.807, 2.05) is 12.1 Å². The Morgan fingerprint density at radius 2 is 1.67 bits per heavy atom. The first-order chi connectivity index (χ1) is 10.2. The molecule has 1 atom stereocenters. The van der Waals surface area contributed by atoms with Gasteiger partial charge in [-0.2, -0.15) is 0 Å². The minimum absolute atomic E-state index is 0.180. The zero-order valence-corrected chi connectivity index (χ0v) is 13.2. The summed E-state index contributed by atoms with van der Waals surface area (Å²) < 4.78 is 0. The van der Waals surface area contributed by atoms with Crippen LogP contribution in [0.25, 0.3) is 0 Å². The van der Waals surface area contributed by atoms with Crippen molar-refractivity contribution in [2.24, 2.45) is 0 Å². The molecule has 1 heterocycles. The van der Waals surface area contributed by atoms with Gasteiger partial charge in [-0.3, -0.25) is 9.69 Å². The molecule has 1 aromatic rings. The predicted molar refractivity (Wildman–Crippen MR) is 87.1 cm³/mol. The van der Waals surface area contributed by atoms with Crippen molar-refractivity contribution < 1.29 is 4.79 Å². The third kappa shape index (κ3) is 3.58. The summed E-state index contributed by atoms with van der Waals surface area (Å²) in [6.07, 6.45) is 5.34. The fraction of sp³-hybridized carbons (Fsp3) is 0.588. The Bertz CT molecular complexity index is 480. The van der Waals surface area contributed by atoms with E-state index >= 15 is 0 Å². The second kappa shape index (κ2) is 6.80. The minimum atomic E-state index is 0.180. The van der Waals surface area contributed by atoms with Crippen molar-refractivity contribution in [3.05, 3.63) is 29.3 Å². The zero-order chi connectivity index (χ0) is 14.7. The van der Waals surface area contributed by atoms with E-state index < -0.39 is 0 Å². The lowest BCUT2D eigenvalue weighted by Crippen LogP contribution is -2.52. The number of nitrogens with zero attached hydrogens (tertiary/aromatic N) is 2. The quantitative estimate of drug-likeness (QED) is 0.783. The number of carbonyl (C=O) groups excluding carboxylic acids is 1. The molecular weight excluding hydrogens is 284 g/mol. The van der Waals surface area contributed by atoms with Crippen LogP contribution < -0.4 is 4.90 Å². The molecular formula is C17H23ClN2O. The molecule has 114 valence electrons. The highest BCUT2D eigenvalue weighted by molar-refractivity contribution is 6.30. The third-order valence-electron chi connectivity index (χ3n) is 4.72. The highest BCUT2D eigenvalue weighted by Crippen LogP contribution is 2.23. The van der Waals surface area contributed by atoms with Gasteiger partial charge in [0.15, 0.2) is 0 Å². The number of halogens is 1. The first-order valence-electron chi connectivity index (χ1n) is 8.01. The molecule has 2 aliphatic rings. The van der Waals surface area contributed by atoms with Crippen LogP contribution in [0, 0.1) is 0 Å². The lowest BCUT2D eigenvalue weighted by molar-refractivity contribution is -0.124. The Morgan fingerprint density at radius 3 is 2.38 bits per heavy atom. The molecule has 2 fully saturated rings. The second-order valence-electron chi connectivity index (χ2n) is 6.08. The fourth-order valence-corrected chi connectivity index (χ4v) is 3.60. The molecule has 1 saturated carbocycles. The van der Waals surface area contributed by atoms with Crippen molar-refractivity contribution in [3.63, 3.8) is 0 Å². The first-order valence-corrected chi connectivity index (χ1v) is 8.39. The van der Waals surface area contributed by atoms with E-state index in [2.05, 4.69) is 21.9 Å². The molecule has 0 bridgehead atoms. The van der Waals surface area contributed by atoms with Crippen molar-refractivity contribution in [1.82, 2.24) is 4.90 Å². The van der Waals surface area contributed by atoms with E-state index in [-0.39, 0.29) is 6.04 Å². The molecule has 21 heavy (non-hydrogen) atoms. The van der Waals surface area contributed by atoms with Gasteiger partial charge in [0.25, 0.3) is 0 Å². The van der Waals surface area contributed by atoms with Gasteiger partial charge in [0.05, 0.1) is 6.04 Å². The van der Waals surface area contributed by atoms with Crippen LogP contribution in [-0.4, -0.2) is 42.9 Å². The average Bonchev–Trinajstić information content (AvgIpc) is 2.73. The van der Waals surface area contributed by atoms with Gasteiger partial charge in [-0.1, -0.05) is 24.4 Å². The van der Waals surface area contributed by atoms with Crippen LogP contribution >= 0.6 is 11.6 Å². The van der Waals surface area contributed by atoms with Crippen LogP contribution in [-0.2, 0) is 4.79 Å². The van der Waals surface area contributed by atoms with Gasteiger partial charge in [0.1, 0.15) is 5.78 Å². The van der Waals surface area contributed by atoms with E-state index in [4.69, 9.17) is 11.6 Å². The molecule has 0 aromatic heterocycles. The van der Waals surface area contributed by atoms with Gasteiger partial charge < -0.3 is 4.90 Å². The van der Waals surface area contributed by atoms with Crippen LogP contribution in [0.15, 0.2) is 24.3 Å². The van der Waals surface area contributed by atoms with E-state index in [0.29, 0.717) is 5.78 Å². The van der Waals surface area contributed by atoms with Crippen LogP contribution in [0.3, 0.4) is 0 Å². The topological polar surface area (TPSA) is 23.6 Å². The number of rotatable bonds is 2. The molecule has 1 aliphatic carbocycles. The molecule has 0 spiro atoms. The van der Waals surface area contributed by atoms with Gasteiger partial charge in [0.2, 0.25) is 0 Å². The molecule has 0 amide bonds. The molecule has 3 rings (SSSR count). The Balaban J connectivity index is 1.59. The third-order valence-corrected chi connectivity index (χ3v) is 4.97. The zero-order valence-electron chi connectivity index (χ0n) is 12.4. The summed E-state index contributed by atoms with van der Waals surface area (Å²) in [5.41, 5.74) is 1.23. The largest absolute Gasteiger partial charge is 0.369 e. The van der Waals surface area contributed by atoms with Gasteiger partial charge >= 0.3 is 0 Å². The number of hydrogen-bond donors (Lipinski definition) is 0. The highest BCUT2D eigenvalue weighted by atomic mass is 35.5. The monoisotopic (exact) mass is 306 g/mol. The minimum Gasteiger partial charge on any atom is -0.369 e. The molecule has 3 nitrogen and oxygen atoms in total. The number of anilines is 1. The van der Waals surface area contributed by atoms with Gasteiger partial charge in [-0.15, -0.1) is 0 Å². The summed E-state index contributed by atoms with van der Waals surface area (Å²) >= 11 is 5.94. The molecule has 1 saturated heterocycles. The maximum Gasteiger partial charge on any atom is 0.149 e. The van der Waals surface area contributed by atoms with Crippen molar-refractivity contribution >= 4 is 23.1 Å². The highest BCUT2D eigenvalue weighted by Gasteiger charge is 2.29. The smallest absolute Gasteiger partial charge is 0.149 e. The summed E-state index contributed by atoms with van der Waals surface area (Å²) in [5, 5.41) is 0.779. The van der Waals surface area contributed by atoms with E-state index in [1.165, 1.54) is 18.5 Å². The lowest BCUT2D eigenvalue weighted by atomic mass is 10.0. The summed E-state index contributed by atoms with van der Waals surface area (Å²) in [4.78, 5) is 17.0. The summed E-state index contributed by atoms with van der Waals surface area (Å²) in [6.45, 7) is 3.95. The number of benzene rings is 1.